The molecule has 1 fully saturated rings. The van der Waals surface area contributed by atoms with Crippen molar-refractivity contribution in [1.82, 2.24) is 20.2 Å². The van der Waals surface area contributed by atoms with Gasteiger partial charge in [0.15, 0.2) is 0 Å². The van der Waals surface area contributed by atoms with Gasteiger partial charge in [0.2, 0.25) is 0 Å². The molecule has 86 valence electrons. The van der Waals surface area contributed by atoms with Crippen LogP contribution in [0.15, 0.2) is 6.33 Å². The Kier molecular flexibility index (Phi) is 2.61. The van der Waals surface area contributed by atoms with Gasteiger partial charge in [0.25, 0.3) is 0 Å². The topological polar surface area (TPSA) is 41.1 Å². The van der Waals surface area contributed by atoms with Crippen molar-refractivity contribution in [1.29, 1.82) is 0 Å². The summed E-state index contributed by atoms with van der Waals surface area (Å²) >= 11 is 0. The van der Waals surface area contributed by atoms with E-state index in [4.69, 9.17) is 0 Å². The van der Waals surface area contributed by atoms with E-state index in [1.807, 2.05) is 0 Å². The van der Waals surface area contributed by atoms with Crippen molar-refractivity contribution in [2.75, 3.05) is 20.1 Å². The molecule has 0 amide bonds. The molecule has 16 heavy (non-hydrogen) atoms. The second-order valence-corrected chi connectivity index (χ2v) is 4.89. The molecular weight excluding hydrogens is 200 g/mol. The first-order valence-corrected chi connectivity index (χ1v) is 6.06. The van der Waals surface area contributed by atoms with Crippen LogP contribution in [0.25, 0.3) is 0 Å². The number of nitrogens with one attached hydrogen (secondary N) is 1. The van der Waals surface area contributed by atoms with Gasteiger partial charge in [-0.3, -0.25) is 0 Å². The molecule has 0 aliphatic carbocycles. The second-order valence-electron chi connectivity index (χ2n) is 4.89. The van der Waals surface area contributed by atoms with E-state index in [2.05, 4.69) is 27.2 Å². The van der Waals surface area contributed by atoms with Crippen LogP contribution in [0, 0.1) is 0 Å². The van der Waals surface area contributed by atoms with Crippen molar-refractivity contribution >= 4 is 0 Å². The standard InChI is InChI=1S/C12H18N4/c1-16-4-2-3-9(7-16)12-10-5-13-6-11(10)14-8-15-12/h8-9,13H,2-7H2,1H3. The molecule has 2 aliphatic heterocycles. The molecule has 4 nitrogen and oxygen atoms in total. The lowest BCUT2D eigenvalue weighted by molar-refractivity contribution is 0.247. The van der Waals surface area contributed by atoms with Crippen LogP contribution in [-0.2, 0) is 13.1 Å². The van der Waals surface area contributed by atoms with Gasteiger partial charge in [-0.15, -0.1) is 0 Å². The zero-order chi connectivity index (χ0) is 11.0. The quantitative estimate of drug-likeness (QED) is 0.760. The Balaban J connectivity index is 1.91. The molecule has 1 saturated heterocycles. The number of hydrogen-bond acceptors (Lipinski definition) is 4. The van der Waals surface area contributed by atoms with Crippen LogP contribution in [0.3, 0.4) is 0 Å². The smallest absolute Gasteiger partial charge is 0.116 e. The first kappa shape index (κ1) is 10.2. The summed E-state index contributed by atoms with van der Waals surface area (Å²) in [6.07, 6.45) is 4.29. The van der Waals surface area contributed by atoms with Gasteiger partial charge in [0.05, 0.1) is 11.4 Å². The largest absolute Gasteiger partial charge is 0.307 e. The summed E-state index contributed by atoms with van der Waals surface area (Å²) < 4.78 is 0. The van der Waals surface area contributed by atoms with E-state index in [9.17, 15) is 0 Å². The number of fused-ring (bicyclic) bond motifs is 1. The van der Waals surface area contributed by atoms with Gasteiger partial charge in [0.1, 0.15) is 6.33 Å². The van der Waals surface area contributed by atoms with E-state index in [1.54, 1.807) is 6.33 Å². The molecule has 1 aromatic rings. The van der Waals surface area contributed by atoms with Gasteiger partial charge >= 0.3 is 0 Å². The average molecular weight is 218 g/mol. The summed E-state index contributed by atoms with van der Waals surface area (Å²) in [6, 6.07) is 0. The van der Waals surface area contributed by atoms with Crippen LogP contribution in [0.2, 0.25) is 0 Å². The predicted molar refractivity (Wildman–Crippen MR) is 62.0 cm³/mol. The Morgan fingerprint density at radius 1 is 1.38 bits per heavy atom. The Labute approximate surface area is 96.1 Å². The molecule has 1 aromatic heterocycles. The maximum Gasteiger partial charge on any atom is 0.116 e. The van der Waals surface area contributed by atoms with Gasteiger partial charge in [0, 0.05) is 31.1 Å². The van der Waals surface area contributed by atoms with Crippen LogP contribution in [0.1, 0.15) is 35.7 Å². The minimum Gasteiger partial charge on any atom is -0.307 e. The van der Waals surface area contributed by atoms with E-state index in [-0.39, 0.29) is 0 Å². The number of likely N-dealkylation sites (tertiary alicyclic amines) is 1. The van der Waals surface area contributed by atoms with Crippen molar-refractivity contribution in [3.05, 3.63) is 23.3 Å². The molecule has 1 N–H and O–H groups in total. The molecule has 1 unspecified atom stereocenters. The third-order valence-corrected chi connectivity index (χ3v) is 3.67. The van der Waals surface area contributed by atoms with E-state index >= 15 is 0 Å². The molecule has 0 saturated carbocycles. The molecule has 0 spiro atoms. The lowest BCUT2D eigenvalue weighted by Gasteiger charge is -2.30. The highest BCUT2D eigenvalue weighted by atomic mass is 15.1. The fourth-order valence-corrected chi connectivity index (χ4v) is 2.86. The molecule has 3 rings (SSSR count). The molecular formula is C12H18N4. The number of nitrogens with zero attached hydrogens (tertiary/aromatic N) is 3. The van der Waals surface area contributed by atoms with Gasteiger partial charge < -0.3 is 10.2 Å². The highest BCUT2D eigenvalue weighted by Crippen LogP contribution is 2.29. The van der Waals surface area contributed by atoms with Crippen molar-refractivity contribution in [2.45, 2.75) is 31.8 Å². The van der Waals surface area contributed by atoms with Gasteiger partial charge in [-0.25, -0.2) is 9.97 Å². The molecule has 2 aliphatic rings. The van der Waals surface area contributed by atoms with Crippen LogP contribution in [0.4, 0.5) is 0 Å². The highest BCUT2D eigenvalue weighted by molar-refractivity contribution is 5.30. The summed E-state index contributed by atoms with van der Waals surface area (Å²) in [6.45, 7) is 4.23. The SMILES string of the molecule is CN1CCCC(c2ncnc3c2CNC3)C1. The number of hydrogen-bond donors (Lipinski definition) is 1. The van der Waals surface area contributed by atoms with Crippen LogP contribution in [-0.4, -0.2) is 35.0 Å². The van der Waals surface area contributed by atoms with Crippen molar-refractivity contribution in [2.24, 2.45) is 0 Å². The van der Waals surface area contributed by atoms with Crippen LogP contribution < -0.4 is 5.32 Å². The third-order valence-electron chi connectivity index (χ3n) is 3.67. The number of aromatic nitrogens is 2. The van der Waals surface area contributed by atoms with Crippen molar-refractivity contribution in [3.63, 3.8) is 0 Å². The predicted octanol–water partition coefficient (Wildman–Crippen LogP) is 0.889. The zero-order valence-electron chi connectivity index (χ0n) is 9.74. The van der Waals surface area contributed by atoms with E-state index in [0.29, 0.717) is 5.92 Å². The minimum absolute atomic E-state index is 0.607. The van der Waals surface area contributed by atoms with Gasteiger partial charge in [-0.05, 0) is 26.4 Å². The van der Waals surface area contributed by atoms with Crippen LogP contribution >= 0.6 is 0 Å². The number of likely N-dealkylation sites (N-methyl/N-ethyl adjacent to an activating group) is 1. The summed E-state index contributed by atoms with van der Waals surface area (Å²) in [5.41, 5.74) is 3.86. The lowest BCUT2D eigenvalue weighted by Crippen LogP contribution is -2.31. The fourth-order valence-electron chi connectivity index (χ4n) is 2.86. The van der Waals surface area contributed by atoms with Gasteiger partial charge in [-0.2, -0.15) is 0 Å². The Morgan fingerprint density at radius 2 is 2.31 bits per heavy atom. The summed E-state index contributed by atoms with van der Waals surface area (Å²) in [5.74, 6) is 0.607. The van der Waals surface area contributed by atoms with Crippen molar-refractivity contribution in [3.8, 4) is 0 Å². The number of rotatable bonds is 1. The molecule has 0 radical (unpaired) electrons. The Bertz CT molecular complexity index is 391. The molecule has 3 heterocycles. The van der Waals surface area contributed by atoms with E-state index in [0.717, 1.165) is 19.6 Å². The molecule has 0 aromatic carbocycles. The van der Waals surface area contributed by atoms with Gasteiger partial charge in [-0.1, -0.05) is 0 Å². The van der Waals surface area contributed by atoms with E-state index in [1.165, 1.54) is 36.3 Å². The van der Waals surface area contributed by atoms with Crippen LogP contribution in [0.5, 0.6) is 0 Å². The normalized spacial score (nSPS) is 25.7. The highest BCUT2D eigenvalue weighted by Gasteiger charge is 2.25. The molecule has 1 atom stereocenters. The summed E-state index contributed by atoms with van der Waals surface area (Å²) in [5, 5.41) is 3.36. The molecule has 0 bridgehead atoms. The monoisotopic (exact) mass is 218 g/mol. The summed E-state index contributed by atoms with van der Waals surface area (Å²) in [7, 11) is 2.20. The summed E-state index contributed by atoms with van der Waals surface area (Å²) in [4.78, 5) is 11.3. The first-order chi connectivity index (χ1) is 7.84. The maximum atomic E-state index is 4.53. The average Bonchev–Trinajstić information content (AvgIpc) is 2.76. The van der Waals surface area contributed by atoms with Crippen molar-refractivity contribution < 1.29 is 0 Å². The Hall–Kier alpha value is -1.00. The fraction of sp³-hybridized carbons (Fsp3) is 0.667. The minimum atomic E-state index is 0.607. The maximum absolute atomic E-state index is 4.53. The lowest BCUT2D eigenvalue weighted by atomic mass is 9.92. The first-order valence-electron chi connectivity index (χ1n) is 6.06. The van der Waals surface area contributed by atoms with E-state index < -0.39 is 0 Å². The third kappa shape index (κ3) is 1.72. The Morgan fingerprint density at radius 3 is 3.19 bits per heavy atom. The zero-order valence-corrected chi connectivity index (χ0v) is 9.74. The molecule has 4 heteroatoms. The number of piperidine rings is 1. The second kappa shape index (κ2) is 4.11.